The molecule has 1 saturated carbocycles. The van der Waals surface area contributed by atoms with Crippen LogP contribution in [-0.2, 0) is 0 Å². The van der Waals surface area contributed by atoms with Gasteiger partial charge in [-0.1, -0.05) is 15.9 Å². The van der Waals surface area contributed by atoms with Crippen LogP contribution in [0.5, 0.6) is 5.75 Å². The number of benzene rings is 1. The minimum absolute atomic E-state index is 0.610. The number of ether oxygens (including phenoxy) is 1. The average molecular weight is 312 g/mol. The predicted octanol–water partition coefficient (Wildman–Crippen LogP) is 3.95. The molecule has 1 aliphatic rings. The van der Waals surface area contributed by atoms with E-state index in [9.17, 15) is 0 Å². The van der Waals surface area contributed by atoms with E-state index in [-0.39, 0.29) is 0 Å². The Morgan fingerprint density at radius 1 is 1.28 bits per heavy atom. The molecular weight excluding hydrogens is 290 g/mol. The van der Waals surface area contributed by atoms with Crippen molar-refractivity contribution in [3.8, 4) is 5.75 Å². The summed E-state index contributed by atoms with van der Waals surface area (Å²) in [7, 11) is 0. The van der Waals surface area contributed by atoms with Crippen molar-refractivity contribution in [3.05, 3.63) is 28.7 Å². The molecule has 1 aromatic rings. The minimum Gasteiger partial charge on any atom is -0.492 e. The van der Waals surface area contributed by atoms with Crippen LogP contribution in [-0.4, -0.2) is 30.6 Å². The van der Waals surface area contributed by atoms with E-state index in [4.69, 9.17) is 4.74 Å². The fourth-order valence-electron chi connectivity index (χ4n) is 2.00. The Balaban J connectivity index is 1.73. The van der Waals surface area contributed by atoms with Gasteiger partial charge in [0.15, 0.2) is 0 Å². The van der Waals surface area contributed by atoms with E-state index < -0.39 is 0 Å². The monoisotopic (exact) mass is 311 g/mol. The van der Waals surface area contributed by atoms with E-state index in [1.54, 1.807) is 0 Å². The highest BCUT2D eigenvalue weighted by Gasteiger charge is 2.25. The third kappa shape index (κ3) is 4.62. The lowest BCUT2D eigenvalue weighted by atomic mass is 10.2. The number of halogens is 1. The van der Waals surface area contributed by atoms with Crippen molar-refractivity contribution < 1.29 is 4.74 Å². The van der Waals surface area contributed by atoms with Crippen molar-refractivity contribution >= 4 is 15.9 Å². The largest absolute Gasteiger partial charge is 0.492 e. The lowest BCUT2D eigenvalue weighted by Gasteiger charge is -2.26. The Hall–Kier alpha value is -0.540. The van der Waals surface area contributed by atoms with Gasteiger partial charge in [0.25, 0.3) is 0 Å². The highest BCUT2D eigenvalue weighted by atomic mass is 79.9. The first-order valence-corrected chi connectivity index (χ1v) is 7.57. The van der Waals surface area contributed by atoms with E-state index in [1.165, 1.54) is 19.4 Å². The molecule has 0 N–H and O–H groups in total. The lowest BCUT2D eigenvalue weighted by Crippen LogP contribution is -2.36. The summed E-state index contributed by atoms with van der Waals surface area (Å²) in [5.74, 6) is 1.90. The summed E-state index contributed by atoms with van der Waals surface area (Å²) in [6.45, 7) is 7.56. The summed E-state index contributed by atoms with van der Waals surface area (Å²) in [4.78, 5) is 2.52. The summed E-state index contributed by atoms with van der Waals surface area (Å²) in [5, 5.41) is 0. The molecular formula is C15H22BrNO. The molecule has 0 aromatic heterocycles. The standard InChI is InChI=1S/C15H22BrNO/c1-12(2)17(11-13-3-4-13)9-10-18-15-7-5-14(16)6-8-15/h5-8,12-13H,3-4,9-11H2,1-2H3. The molecule has 0 aliphatic heterocycles. The topological polar surface area (TPSA) is 12.5 Å². The first kappa shape index (κ1) is 13.9. The number of hydrogen-bond acceptors (Lipinski definition) is 2. The number of rotatable bonds is 7. The first-order valence-electron chi connectivity index (χ1n) is 6.77. The van der Waals surface area contributed by atoms with Crippen LogP contribution < -0.4 is 4.74 Å². The molecule has 0 heterocycles. The van der Waals surface area contributed by atoms with Gasteiger partial charge in [-0.3, -0.25) is 4.90 Å². The summed E-state index contributed by atoms with van der Waals surface area (Å²) in [6.07, 6.45) is 2.83. The Labute approximate surface area is 118 Å². The fourth-order valence-corrected chi connectivity index (χ4v) is 2.27. The molecule has 100 valence electrons. The molecule has 0 saturated heterocycles. The molecule has 1 aliphatic carbocycles. The second-order valence-electron chi connectivity index (χ2n) is 5.33. The van der Waals surface area contributed by atoms with Gasteiger partial charge in [-0.25, -0.2) is 0 Å². The van der Waals surface area contributed by atoms with Crippen LogP contribution in [0.3, 0.4) is 0 Å². The maximum Gasteiger partial charge on any atom is 0.119 e. The maximum atomic E-state index is 5.78. The van der Waals surface area contributed by atoms with Crippen LogP contribution in [0.15, 0.2) is 28.7 Å². The van der Waals surface area contributed by atoms with Gasteiger partial charge in [-0.15, -0.1) is 0 Å². The van der Waals surface area contributed by atoms with Gasteiger partial charge in [-0.05, 0) is 56.9 Å². The fraction of sp³-hybridized carbons (Fsp3) is 0.600. The second kappa shape index (κ2) is 6.58. The average Bonchev–Trinajstić information content (AvgIpc) is 3.14. The van der Waals surface area contributed by atoms with Crippen molar-refractivity contribution in [1.82, 2.24) is 4.90 Å². The number of nitrogens with zero attached hydrogens (tertiary/aromatic N) is 1. The van der Waals surface area contributed by atoms with Crippen LogP contribution in [0, 0.1) is 5.92 Å². The van der Waals surface area contributed by atoms with E-state index in [0.717, 1.165) is 29.3 Å². The molecule has 0 unspecified atom stereocenters. The quantitative estimate of drug-likeness (QED) is 0.756. The Morgan fingerprint density at radius 2 is 1.94 bits per heavy atom. The van der Waals surface area contributed by atoms with Gasteiger partial charge in [0.1, 0.15) is 12.4 Å². The molecule has 3 heteroatoms. The zero-order valence-electron chi connectivity index (χ0n) is 11.2. The third-order valence-corrected chi connectivity index (χ3v) is 3.91. The summed E-state index contributed by atoms with van der Waals surface area (Å²) >= 11 is 3.43. The van der Waals surface area contributed by atoms with Gasteiger partial charge in [-0.2, -0.15) is 0 Å². The molecule has 0 bridgehead atoms. The van der Waals surface area contributed by atoms with E-state index in [0.29, 0.717) is 6.04 Å². The van der Waals surface area contributed by atoms with Crippen LogP contribution >= 0.6 is 15.9 Å². The van der Waals surface area contributed by atoms with Gasteiger partial charge >= 0.3 is 0 Å². The van der Waals surface area contributed by atoms with Crippen molar-refractivity contribution in [1.29, 1.82) is 0 Å². The van der Waals surface area contributed by atoms with Crippen molar-refractivity contribution in [2.75, 3.05) is 19.7 Å². The molecule has 0 radical (unpaired) electrons. The molecule has 1 fully saturated rings. The lowest BCUT2D eigenvalue weighted by molar-refractivity contribution is 0.170. The van der Waals surface area contributed by atoms with Gasteiger partial charge in [0, 0.05) is 23.6 Å². The minimum atomic E-state index is 0.610. The van der Waals surface area contributed by atoms with Crippen LogP contribution in [0.2, 0.25) is 0 Å². The van der Waals surface area contributed by atoms with Crippen molar-refractivity contribution in [3.63, 3.8) is 0 Å². The Bertz CT molecular complexity index is 359. The molecule has 2 nitrogen and oxygen atoms in total. The normalized spacial score (nSPS) is 15.4. The van der Waals surface area contributed by atoms with Gasteiger partial charge in [0.05, 0.1) is 0 Å². The zero-order valence-corrected chi connectivity index (χ0v) is 12.8. The van der Waals surface area contributed by atoms with Crippen molar-refractivity contribution in [2.45, 2.75) is 32.7 Å². The van der Waals surface area contributed by atoms with E-state index >= 15 is 0 Å². The number of hydrogen-bond donors (Lipinski definition) is 0. The summed E-state index contributed by atoms with van der Waals surface area (Å²) in [6, 6.07) is 8.65. The summed E-state index contributed by atoms with van der Waals surface area (Å²) < 4.78 is 6.87. The SMILES string of the molecule is CC(C)N(CCOc1ccc(Br)cc1)CC1CC1. The predicted molar refractivity (Wildman–Crippen MR) is 79.1 cm³/mol. The van der Waals surface area contributed by atoms with Gasteiger partial charge in [0.2, 0.25) is 0 Å². The third-order valence-electron chi connectivity index (χ3n) is 3.38. The van der Waals surface area contributed by atoms with Crippen LogP contribution in [0.1, 0.15) is 26.7 Å². The van der Waals surface area contributed by atoms with E-state index in [2.05, 4.69) is 34.7 Å². The molecule has 0 spiro atoms. The Morgan fingerprint density at radius 3 is 2.50 bits per heavy atom. The smallest absolute Gasteiger partial charge is 0.119 e. The zero-order chi connectivity index (χ0) is 13.0. The highest BCUT2D eigenvalue weighted by Crippen LogP contribution is 2.30. The van der Waals surface area contributed by atoms with Gasteiger partial charge < -0.3 is 4.74 Å². The molecule has 0 amide bonds. The van der Waals surface area contributed by atoms with E-state index in [1.807, 2.05) is 24.3 Å². The van der Waals surface area contributed by atoms with Crippen LogP contribution in [0.25, 0.3) is 0 Å². The Kier molecular flexibility index (Phi) is 5.07. The van der Waals surface area contributed by atoms with Crippen molar-refractivity contribution in [2.24, 2.45) is 5.92 Å². The molecule has 18 heavy (non-hydrogen) atoms. The summed E-state index contributed by atoms with van der Waals surface area (Å²) in [5.41, 5.74) is 0. The highest BCUT2D eigenvalue weighted by molar-refractivity contribution is 9.10. The molecule has 0 atom stereocenters. The second-order valence-corrected chi connectivity index (χ2v) is 6.25. The molecule has 2 rings (SSSR count). The first-order chi connectivity index (χ1) is 8.65. The maximum absolute atomic E-state index is 5.78. The molecule has 1 aromatic carbocycles. The van der Waals surface area contributed by atoms with Crippen LogP contribution in [0.4, 0.5) is 0 Å².